The lowest BCUT2D eigenvalue weighted by Crippen LogP contribution is -2.42. The van der Waals surface area contributed by atoms with Crippen molar-refractivity contribution in [2.45, 2.75) is 44.0 Å². The number of aromatic nitrogens is 1. The Morgan fingerprint density at radius 1 is 1.43 bits per heavy atom. The number of aliphatic imine (C=N–C) groups is 1. The van der Waals surface area contributed by atoms with E-state index in [-0.39, 0.29) is 24.0 Å². The fourth-order valence-corrected chi connectivity index (χ4v) is 3.25. The van der Waals surface area contributed by atoms with Crippen molar-refractivity contribution in [3.8, 4) is 0 Å². The van der Waals surface area contributed by atoms with Gasteiger partial charge in [0.2, 0.25) is 0 Å². The number of nitrogens with one attached hydrogen (secondary N) is 2. The summed E-state index contributed by atoms with van der Waals surface area (Å²) in [5.74, 6) is 0.907. The number of hydrogen-bond donors (Lipinski definition) is 2. The lowest BCUT2D eigenvalue weighted by Gasteiger charge is -2.17. The van der Waals surface area contributed by atoms with Crippen molar-refractivity contribution in [1.82, 2.24) is 15.6 Å². The average molecular weight is 420 g/mol. The molecule has 0 saturated heterocycles. The van der Waals surface area contributed by atoms with Crippen LogP contribution in [0.25, 0.3) is 0 Å². The zero-order chi connectivity index (χ0) is 14.2. The molecule has 0 radical (unpaired) electrons. The predicted molar refractivity (Wildman–Crippen MR) is 103 cm³/mol. The second-order valence-corrected chi connectivity index (χ2v) is 6.17. The lowest BCUT2D eigenvalue weighted by atomic mass is 10.2. The summed E-state index contributed by atoms with van der Waals surface area (Å²) in [4.78, 5) is 8.93. The first-order valence-corrected chi connectivity index (χ1v) is 8.58. The van der Waals surface area contributed by atoms with Crippen LogP contribution in [-0.2, 0) is 6.54 Å². The number of rotatable bonds is 5. The van der Waals surface area contributed by atoms with E-state index < -0.39 is 0 Å². The molecule has 1 aromatic heterocycles. The van der Waals surface area contributed by atoms with Crippen LogP contribution in [-0.4, -0.2) is 35.0 Å². The van der Waals surface area contributed by atoms with E-state index in [0.717, 1.165) is 23.4 Å². The molecule has 0 amide bonds. The first-order chi connectivity index (χ1) is 9.81. The van der Waals surface area contributed by atoms with Gasteiger partial charge in [-0.2, -0.15) is 11.8 Å². The Kier molecular flexibility index (Phi) is 9.07. The lowest BCUT2D eigenvalue weighted by molar-refractivity contribution is 0.614. The monoisotopic (exact) mass is 420 g/mol. The summed E-state index contributed by atoms with van der Waals surface area (Å²) in [5, 5.41) is 7.66. The van der Waals surface area contributed by atoms with Crippen LogP contribution in [0, 0.1) is 0 Å². The van der Waals surface area contributed by atoms with Crippen LogP contribution in [0.5, 0.6) is 0 Å². The zero-order valence-corrected chi connectivity index (χ0v) is 15.9. The van der Waals surface area contributed by atoms with E-state index in [1.54, 1.807) is 0 Å². The van der Waals surface area contributed by atoms with Gasteiger partial charge < -0.3 is 10.6 Å². The number of hydrogen-bond acceptors (Lipinski definition) is 3. The number of nitrogens with zero attached hydrogens (tertiary/aromatic N) is 2. The maximum Gasteiger partial charge on any atom is 0.191 e. The Labute approximate surface area is 149 Å². The molecule has 1 aliphatic rings. The molecule has 118 valence electrons. The quantitative estimate of drug-likeness (QED) is 0.437. The van der Waals surface area contributed by atoms with Crippen LogP contribution in [0.4, 0.5) is 0 Å². The number of guanidine groups is 1. The minimum absolute atomic E-state index is 0. The fourth-order valence-electron chi connectivity index (χ4n) is 2.45. The van der Waals surface area contributed by atoms with Crippen molar-refractivity contribution in [2.75, 3.05) is 12.8 Å². The van der Waals surface area contributed by atoms with Crippen molar-refractivity contribution in [1.29, 1.82) is 0 Å². The molecule has 21 heavy (non-hydrogen) atoms. The molecular weight excluding hydrogens is 395 g/mol. The summed E-state index contributed by atoms with van der Waals surface area (Å²) in [6, 6.07) is 6.48. The molecule has 2 atom stereocenters. The Bertz CT molecular complexity index is 427. The van der Waals surface area contributed by atoms with Crippen LogP contribution in [0.3, 0.4) is 0 Å². The van der Waals surface area contributed by atoms with E-state index >= 15 is 0 Å². The van der Waals surface area contributed by atoms with Gasteiger partial charge in [0, 0.05) is 24.0 Å². The molecule has 0 aliphatic heterocycles. The number of pyridine rings is 1. The van der Waals surface area contributed by atoms with Gasteiger partial charge in [-0.3, -0.25) is 4.98 Å². The van der Waals surface area contributed by atoms with E-state index in [2.05, 4.69) is 33.8 Å². The summed E-state index contributed by atoms with van der Waals surface area (Å²) in [6.45, 7) is 3.60. The molecule has 1 fully saturated rings. The third-order valence-corrected chi connectivity index (χ3v) is 4.62. The first-order valence-electron chi connectivity index (χ1n) is 7.29. The molecule has 1 aliphatic carbocycles. The van der Waals surface area contributed by atoms with E-state index in [4.69, 9.17) is 0 Å². The average Bonchev–Trinajstić information content (AvgIpc) is 2.94. The maximum atomic E-state index is 4.62. The predicted octanol–water partition coefficient (Wildman–Crippen LogP) is 3.04. The van der Waals surface area contributed by atoms with Gasteiger partial charge in [0.05, 0.1) is 12.2 Å². The Morgan fingerprint density at radius 2 is 2.29 bits per heavy atom. The van der Waals surface area contributed by atoms with Crippen molar-refractivity contribution < 1.29 is 0 Å². The van der Waals surface area contributed by atoms with Gasteiger partial charge in [-0.1, -0.05) is 6.07 Å². The topological polar surface area (TPSA) is 49.3 Å². The highest BCUT2D eigenvalue weighted by molar-refractivity contribution is 14.0. The van der Waals surface area contributed by atoms with Gasteiger partial charge in [0.1, 0.15) is 0 Å². The van der Waals surface area contributed by atoms with Crippen molar-refractivity contribution >= 4 is 41.7 Å². The zero-order valence-electron chi connectivity index (χ0n) is 12.7. The van der Waals surface area contributed by atoms with E-state index in [1.165, 1.54) is 19.3 Å². The summed E-state index contributed by atoms with van der Waals surface area (Å²) in [7, 11) is 0. The molecule has 1 saturated carbocycles. The normalized spacial score (nSPS) is 21.7. The van der Waals surface area contributed by atoms with Crippen LogP contribution in [0.1, 0.15) is 31.9 Å². The van der Waals surface area contributed by atoms with Gasteiger partial charge in [0.25, 0.3) is 0 Å². The van der Waals surface area contributed by atoms with Crippen molar-refractivity contribution in [3.05, 3.63) is 30.1 Å². The largest absolute Gasteiger partial charge is 0.357 e. The summed E-state index contributed by atoms with van der Waals surface area (Å²) in [5.41, 5.74) is 0.998. The molecule has 1 aromatic rings. The van der Waals surface area contributed by atoms with E-state index in [0.29, 0.717) is 12.6 Å². The third kappa shape index (κ3) is 6.42. The third-order valence-electron chi connectivity index (χ3n) is 3.53. The molecule has 1 heterocycles. The maximum absolute atomic E-state index is 4.62. The first kappa shape index (κ1) is 18.5. The van der Waals surface area contributed by atoms with Gasteiger partial charge in [-0.25, -0.2) is 4.99 Å². The molecule has 0 spiro atoms. The Morgan fingerprint density at radius 3 is 2.90 bits per heavy atom. The summed E-state index contributed by atoms with van der Waals surface area (Å²) < 4.78 is 0. The summed E-state index contributed by atoms with van der Waals surface area (Å²) >= 11 is 1.98. The highest BCUT2D eigenvalue weighted by atomic mass is 127. The minimum Gasteiger partial charge on any atom is -0.357 e. The van der Waals surface area contributed by atoms with Gasteiger partial charge in [-0.15, -0.1) is 24.0 Å². The van der Waals surface area contributed by atoms with Crippen LogP contribution >= 0.6 is 35.7 Å². The fraction of sp³-hybridized carbons (Fsp3) is 0.600. The molecule has 2 unspecified atom stereocenters. The number of halogens is 1. The van der Waals surface area contributed by atoms with Gasteiger partial charge in [0.15, 0.2) is 5.96 Å². The highest BCUT2D eigenvalue weighted by Crippen LogP contribution is 2.27. The van der Waals surface area contributed by atoms with Crippen LogP contribution < -0.4 is 10.6 Å². The molecule has 0 aromatic carbocycles. The van der Waals surface area contributed by atoms with Gasteiger partial charge in [-0.05, 0) is 44.6 Å². The molecule has 2 rings (SSSR count). The van der Waals surface area contributed by atoms with Crippen molar-refractivity contribution in [2.24, 2.45) is 4.99 Å². The molecule has 4 nitrogen and oxygen atoms in total. The van der Waals surface area contributed by atoms with Crippen molar-refractivity contribution in [3.63, 3.8) is 0 Å². The van der Waals surface area contributed by atoms with Crippen LogP contribution in [0.15, 0.2) is 29.4 Å². The van der Waals surface area contributed by atoms with E-state index in [9.17, 15) is 0 Å². The van der Waals surface area contributed by atoms with E-state index in [1.807, 2.05) is 36.2 Å². The summed E-state index contributed by atoms with van der Waals surface area (Å²) in [6.07, 6.45) is 7.78. The second-order valence-electron chi connectivity index (χ2n) is 5.03. The van der Waals surface area contributed by atoms with Gasteiger partial charge >= 0.3 is 0 Å². The minimum atomic E-state index is 0. The van der Waals surface area contributed by atoms with Crippen LogP contribution in [0.2, 0.25) is 0 Å². The Balaban J connectivity index is 0.00000220. The standard InChI is InChI=1S/C15H24N4S.HI/c1-3-16-15(18-11-13-6-4-5-9-17-13)19-12-7-8-14(10-12)20-2;/h4-6,9,12,14H,3,7-8,10-11H2,1-2H3,(H2,16,18,19);1H. The smallest absolute Gasteiger partial charge is 0.191 e. The molecule has 6 heteroatoms. The second kappa shape index (κ2) is 10.3. The molecular formula is C15H25IN4S. The highest BCUT2D eigenvalue weighted by Gasteiger charge is 2.24. The molecule has 2 N–H and O–H groups in total. The Hall–Kier alpha value is -0.500. The molecule has 0 bridgehead atoms. The number of thioether (sulfide) groups is 1. The SMILES string of the molecule is CCNC(=NCc1ccccn1)NC1CCC(SC)C1.I.